The number of carboxylic acid groups (broad SMARTS) is 1. The van der Waals surface area contributed by atoms with Gasteiger partial charge in [0.05, 0.1) is 11.5 Å². The van der Waals surface area contributed by atoms with Crippen LogP contribution in [-0.2, 0) is 9.53 Å². The summed E-state index contributed by atoms with van der Waals surface area (Å²) in [4.78, 5) is 25.0. The molecule has 2 aliphatic rings. The number of hydrogen-bond acceptors (Lipinski definition) is 3. The predicted molar refractivity (Wildman–Crippen MR) is 78.0 cm³/mol. The van der Waals surface area contributed by atoms with E-state index in [9.17, 15) is 14.7 Å². The molecule has 2 saturated heterocycles. The molecule has 0 saturated carbocycles. The van der Waals surface area contributed by atoms with Crippen LogP contribution in [0.4, 0.5) is 4.79 Å². The maximum absolute atomic E-state index is 12.2. The summed E-state index contributed by atoms with van der Waals surface area (Å²) in [5.74, 6) is -0.0410. The zero-order chi connectivity index (χ0) is 15.6. The van der Waals surface area contributed by atoms with Gasteiger partial charge in [-0.2, -0.15) is 0 Å². The summed E-state index contributed by atoms with van der Waals surface area (Å²) in [7, 11) is 0. The summed E-state index contributed by atoms with van der Waals surface area (Å²) in [5, 5.41) is 12.1. The first kappa shape index (κ1) is 16.1. The van der Waals surface area contributed by atoms with Gasteiger partial charge in [-0.05, 0) is 25.7 Å². The number of urea groups is 1. The number of nitrogens with one attached hydrogen (secondary N) is 1. The summed E-state index contributed by atoms with van der Waals surface area (Å²) < 4.78 is 5.71. The Morgan fingerprint density at radius 3 is 2.76 bits per heavy atom. The van der Waals surface area contributed by atoms with Gasteiger partial charge in [0.15, 0.2) is 0 Å². The van der Waals surface area contributed by atoms with Crippen molar-refractivity contribution in [2.45, 2.75) is 39.7 Å². The topological polar surface area (TPSA) is 78.9 Å². The number of carboxylic acids is 1. The number of rotatable bonds is 4. The van der Waals surface area contributed by atoms with E-state index in [2.05, 4.69) is 19.2 Å². The molecule has 0 aromatic carbocycles. The third-order valence-corrected chi connectivity index (χ3v) is 4.71. The highest BCUT2D eigenvalue weighted by Crippen LogP contribution is 2.30. The number of aliphatic carboxylic acids is 1. The van der Waals surface area contributed by atoms with Gasteiger partial charge in [0.25, 0.3) is 0 Å². The van der Waals surface area contributed by atoms with E-state index in [0.29, 0.717) is 31.3 Å². The van der Waals surface area contributed by atoms with Crippen LogP contribution in [-0.4, -0.2) is 54.4 Å². The molecule has 0 radical (unpaired) electrons. The first-order valence-corrected chi connectivity index (χ1v) is 7.71. The van der Waals surface area contributed by atoms with Crippen LogP contribution in [0.2, 0.25) is 0 Å². The lowest BCUT2D eigenvalue weighted by molar-refractivity contribution is -0.146. The van der Waals surface area contributed by atoms with Gasteiger partial charge in [-0.1, -0.05) is 13.8 Å². The quantitative estimate of drug-likeness (QED) is 0.825. The Morgan fingerprint density at radius 2 is 2.19 bits per heavy atom. The standard InChI is InChI=1S/C15H26N2O4/c1-10(2)12-11(4-7-21-12)8-16-14(20)17-6-5-15(3,9-17)13(18)19/h10-12H,4-9H2,1-3H3,(H,16,20)(H,18,19). The Morgan fingerprint density at radius 1 is 1.48 bits per heavy atom. The molecule has 0 aromatic heterocycles. The van der Waals surface area contributed by atoms with Gasteiger partial charge in [-0.3, -0.25) is 4.79 Å². The Kier molecular flexibility index (Phi) is 4.76. The number of carbonyl (C=O) groups is 2. The normalized spacial score (nSPS) is 32.7. The number of amides is 2. The van der Waals surface area contributed by atoms with Gasteiger partial charge in [-0.25, -0.2) is 4.79 Å². The molecule has 21 heavy (non-hydrogen) atoms. The second-order valence-electron chi connectivity index (χ2n) is 6.85. The van der Waals surface area contributed by atoms with Crippen molar-refractivity contribution in [2.24, 2.45) is 17.3 Å². The van der Waals surface area contributed by atoms with Gasteiger partial charge in [0, 0.05) is 32.2 Å². The molecule has 0 spiro atoms. The lowest BCUT2D eigenvalue weighted by Crippen LogP contribution is -2.43. The smallest absolute Gasteiger partial charge is 0.317 e. The first-order chi connectivity index (χ1) is 9.83. The molecular formula is C15H26N2O4. The fraction of sp³-hybridized carbons (Fsp3) is 0.867. The van der Waals surface area contributed by atoms with Crippen LogP contribution in [0, 0.1) is 17.3 Å². The van der Waals surface area contributed by atoms with E-state index >= 15 is 0 Å². The molecule has 6 nitrogen and oxygen atoms in total. The minimum Gasteiger partial charge on any atom is -0.481 e. The monoisotopic (exact) mass is 298 g/mol. The van der Waals surface area contributed by atoms with Crippen molar-refractivity contribution >= 4 is 12.0 Å². The highest BCUT2D eigenvalue weighted by atomic mass is 16.5. The van der Waals surface area contributed by atoms with E-state index in [1.165, 1.54) is 0 Å². The Bertz CT molecular complexity index is 412. The Balaban J connectivity index is 1.82. The molecule has 2 N–H and O–H groups in total. The molecule has 6 heteroatoms. The summed E-state index contributed by atoms with van der Waals surface area (Å²) in [6, 6.07) is -0.158. The van der Waals surface area contributed by atoms with Crippen molar-refractivity contribution in [3.8, 4) is 0 Å². The van der Waals surface area contributed by atoms with Gasteiger partial charge >= 0.3 is 12.0 Å². The van der Waals surface area contributed by atoms with Crippen LogP contribution in [0.5, 0.6) is 0 Å². The minimum atomic E-state index is -0.832. The molecule has 2 fully saturated rings. The number of carbonyl (C=O) groups excluding carboxylic acids is 1. The van der Waals surface area contributed by atoms with Crippen molar-refractivity contribution < 1.29 is 19.4 Å². The van der Waals surface area contributed by atoms with Gasteiger partial charge in [0.1, 0.15) is 0 Å². The van der Waals surface area contributed by atoms with Crippen LogP contribution in [0.25, 0.3) is 0 Å². The number of hydrogen-bond donors (Lipinski definition) is 2. The first-order valence-electron chi connectivity index (χ1n) is 7.71. The number of ether oxygens (including phenoxy) is 1. The van der Waals surface area contributed by atoms with Crippen molar-refractivity contribution in [3.63, 3.8) is 0 Å². The second-order valence-corrected chi connectivity index (χ2v) is 6.85. The summed E-state index contributed by atoms with van der Waals surface area (Å²) in [6.07, 6.45) is 1.68. The maximum atomic E-state index is 12.2. The predicted octanol–water partition coefficient (Wildman–Crippen LogP) is 1.55. The van der Waals surface area contributed by atoms with E-state index in [4.69, 9.17) is 4.74 Å². The molecule has 2 amide bonds. The average Bonchev–Trinajstić information content (AvgIpc) is 3.03. The molecule has 0 bridgehead atoms. The number of nitrogens with zero attached hydrogens (tertiary/aromatic N) is 1. The van der Waals surface area contributed by atoms with Crippen LogP contribution >= 0.6 is 0 Å². The summed E-state index contributed by atoms with van der Waals surface area (Å²) >= 11 is 0. The maximum Gasteiger partial charge on any atom is 0.317 e. The number of likely N-dealkylation sites (tertiary alicyclic amines) is 1. The summed E-state index contributed by atoms with van der Waals surface area (Å²) in [5.41, 5.74) is -0.811. The van der Waals surface area contributed by atoms with Crippen molar-refractivity contribution in [1.29, 1.82) is 0 Å². The van der Waals surface area contributed by atoms with Crippen LogP contribution in [0.15, 0.2) is 0 Å². The van der Waals surface area contributed by atoms with E-state index in [-0.39, 0.29) is 18.7 Å². The molecular weight excluding hydrogens is 272 g/mol. The highest BCUT2D eigenvalue weighted by Gasteiger charge is 2.42. The third kappa shape index (κ3) is 3.48. The molecule has 0 aromatic rings. The zero-order valence-corrected chi connectivity index (χ0v) is 13.1. The van der Waals surface area contributed by atoms with Crippen molar-refractivity contribution in [1.82, 2.24) is 10.2 Å². The second kappa shape index (κ2) is 6.22. The fourth-order valence-electron chi connectivity index (χ4n) is 3.25. The van der Waals surface area contributed by atoms with Gasteiger partial charge in [0.2, 0.25) is 0 Å². The fourth-order valence-corrected chi connectivity index (χ4v) is 3.25. The molecule has 2 heterocycles. The Hall–Kier alpha value is -1.30. The van der Waals surface area contributed by atoms with E-state index < -0.39 is 11.4 Å². The molecule has 3 atom stereocenters. The van der Waals surface area contributed by atoms with Crippen LogP contribution in [0.3, 0.4) is 0 Å². The van der Waals surface area contributed by atoms with Crippen molar-refractivity contribution in [3.05, 3.63) is 0 Å². The Labute approximate surface area is 125 Å². The van der Waals surface area contributed by atoms with Crippen LogP contribution < -0.4 is 5.32 Å². The molecule has 2 rings (SSSR count). The minimum absolute atomic E-state index is 0.158. The van der Waals surface area contributed by atoms with Crippen molar-refractivity contribution in [2.75, 3.05) is 26.2 Å². The molecule has 3 unspecified atom stereocenters. The average molecular weight is 298 g/mol. The van der Waals surface area contributed by atoms with Crippen LogP contribution in [0.1, 0.15) is 33.6 Å². The summed E-state index contributed by atoms with van der Waals surface area (Å²) in [6.45, 7) is 8.09. The van der Waals surface area contributed by atoms with Gasteiger partial charge < -0.3 is 20.1 Å². The lowest BCUT2D eigenvalue weighted by atomic mass is 9.90. The van der Waals surface area contributed by atoms with E-state index in [1.54, 1.807) is 11.8 Å². The third-order valence-electron chi connectivity index (χ3n) is 4.71. The molecule has 2 aliphatic heterocycles. The van der Waals surface area contributed by atoms with Gasteiger partial charge in [-0.15, -0.1) is 0 Å². The zero-order valence-electron chi connectivity index (χ0n) is 13.1. The largest absolute Gasteiger partial charge is 0.481 e. The van der Waals surface area contributed by atoms with E-state index in [1.807, 2.05) is 0 Å². The molecule has 0 aliphatic carbocycles. The lowest BCUT2D eigenvalue weighted by Gasteiger charge is -2.24. The highest BCUT2D eigenvalue weighted by molar-refractivity contribution is 5.79. The SMILES string of the molecule is CC(C)C1OCCC1CNC(=O)N1CCC(C)(C(=O)O)C1. The molecule has 120 valence electrons. The van der Waals surface area contributed by atoms with E-state index in [0.717, 1.165) is 13.0 Å².